The van der Waals surface area contributed by atoms with Crippen LogP contribution < -0.4 is 5.73 Å². The van der Waals surface area contributed by atoms with Crippen molar-refractivity contribution in [3.05, 3.63) is 0 Å². The molecular formula is C7H16NO5PS. The summed E-state index contributed by atoms with van der Waals surface area (Å²) in [5, 5.41) is 0. The van der Waals surface area contributed by atoms with Gasteiger partial charge in [0.25, 0.3) is 0 Å². The zero-order valence-corrected chi connectivity index (χ0v) is 10.9. The third-order valence-corrected chi connectivity index (χ3v) is 4.97. The fourth-order valence-corrected chi connectivity index (χ4v) is 2.34. The molecule has 0 aromatic carbocycles. The molecule has 0 aromatic rings. The molecular weight excluding hydrogens is 241 g/mol. The number of rotatable bonds is 6. The Morgan fingerprint density at radius 2 is 1.87 bits per heavy atom. The lowest BCUT2D eigenvalue weighted by molar-refractivity contribution is -0.146. The molecule has 0 rings (SSSR count). The lowest BCUT2D eigenvalue weighted by Gasteiger charge is -2.17. The van der Waals surface area contributed by atoms with Crippen LogP contribution in [0.4, 0.5) is 0 Å². The molecule has 0 unspecified atom stereocenters. The summed E-state index contributed by atoms with van der Waals surface area (Å²) in [6.45, 7) is -0.151. The minimum atomic E-state index is -3.19. The lowest BCUT2D eigenvalue weighted by atomic mass is 10.1. The van der Waals surface area contributed by atoms with E-state index in [1.165, 1.54) is 28.1 Å². The Bertz CT molecular complexity index is 257. The molecule has 8 heteroatoms. The Morgan fingerprint density at radius 3 is 2.20 bits per heavy atom. The van der Waals surface area contributed by atoms with E-state index in [-0.39, 0.29) is 5.94 Å². The molecule has 0 spiro atoms. The Morgan fingerprint density at radius 1 is 1.40 bits per heavy atom. The van der Waals surface area contributed by atoms with Gasteiger partial charge in [-0.15, -0.1) is 0 Å². The predicted molar refractivity (Wildman–Crippen MR) is 58.4 cm³/mol. The van der Waals surface area contributed by atoms with Crippen molar-refractivity contribution < 1.29 is 23.1 Å². The molecule has 0 atom stereocenters. The molecule has 0 fully saturated rings. The van der Waals surface area contributed by atoms with Crippen LogP contribution in [-0.2, 0) is 23.1 Å². The second-order valence-corrected chi connectivity index (χ2v) is 7.45. The molecule has 2 N–H and O–H groups in total. The normalized spacial score (nSPS) is 12.6. The third-order valence-electron chi connectivity index (χ3n) is 1.37. The summed E-state index contributed by atoms with van der Waals surface area (Å²) in [7, 11) is 2.51. The second kappa shape index (κ2) is 5.86. The number of nitrogens with two attached hydrogens (primary N) is 1. The van der Waals surface area contributed by atoms with E-state index < -0.39 is 18.3 Å². The average molecular weight is 257 g/mol. The van der Waals surface area contributed by atoms with Crippen LogP contribution in [0.3, 0.4) is 0 Å². The zero-order chi connectivity index (χ0) is 12.1. The molecule has 0 saturated heterocycles. The SMILES string of the molecule is COP(=O)(OC)SCOC(=O)C(C)(C)N. The zero-order valence-electron chi connectivity index (χ0n) is 9.18. The number of hydrogen-bond acceptors (Lipinski definition) is 7. The Labute approximate surface area is 93.1 Å². The molecule has 6 nitrogen and oxygen atoms in total. The smallest absolute Gasteiger partial charge is 0.391 e. The highest BCUT2D eigenvalue weighted by Gasteiger charge is 2.27. The Kier molecular flexibility index (Phi) is 5.84. The molecule has 0 radical (unpaired) electrons. The van der Waals surface area contributed by atoms with Gasteiger partial charge in [0.2, 0.25) is 0 Å². The van der Waals surface area contributed by atoms with Gasteiger partial charge in [-0.1, -0.05) is 0 Å². The van der Waals surface area contributed by atoms with Crippen molar-refractivity contribution >= 4 is 24.1 Å². The van der Waals surface area contributed by atoms with Gasteiger partial charge in [-0.3, -0.25) is 4.79 Å². The standard InChI is InChI=1S/C7H16NO5PS/c1-7(2,8)6(9)13-5-15-14(10,11-3)12-4/h5,8H2,1-4H3. The van der Waals surface area contributed by atoms with Gasteiger partial charge < -0.3 is 19.5 Å². The molecule has 0 amide bonds. The lowest BCUT2D eigenvalue weighted by Crippen LogP contribution is -2.42. The number of esters is 1. The van der Waals surface area contributed by atoms with Gasteiger partial charge in [-0.2, -0.15) is 0 Å². The summed E-state index contributed by atoms with van der Waals surface area (Å²) >= 11 is 0.781. The Hall–Kier alpha value is -0.0700. The van der Waals surface area contributed by atoms with E-state index in [0.29, 0.717) is 0 Å². The van der Waals surface area contributed by atoms with Gasteiger partial charge in [0.15, 0.2) is 0 Å². The third kappa shape index (κ3) is 5.53. The van der Waals surface area contributed by atoms with Crippen LogP contribution in [0.2, 0.25) is 0 Å². The second-order valence-electron chi connectivity index (χ2n) is 3.21. The first-order chi connectivity index (χ1) is 6.75. The van der Waals surface area contributed by atoms with Crippen molar-refractivity contribution in [3.63, 3.8) is 0 Å². The van der Waals surface area contributed by atoms with Gasteiger partial charge in [-0.05, 0) is 13.8 Å². The minimum Gasteiger partial charge on any atom is -0.453 e. The van der Waals surface area contributed by atoms with Crippen LogP contribution in [0.15, 0.2) is 0 Å². The molecule has 0 aliphatic carbocycles. The first-order valence-electron chi connectivity index (χ1n) is 4.07. The highest BCUT2D eigenvalue weighted by molar-refractivity contribution is 8.55. The number of hydrogen-bond donors (Lipinski definition) is 1. The van der Waals surface area contributed by atoms with Crippen molar-refractivity contribution in [2.45, 2.75) is 19.4 Å². The molecule has 0 saturated carbocycles. The van der Waals surface area contributed by atoms with Crippen molar-refractivity contribution in [2.24, 2.45) is 5.73 Å². The summed E-state index contributed by atoms with van der Waals surface area (Å²) < 4.78 is 25.5. The summed E-state index contributed by atoms with van der Waals surface area (Å²) in [5.41, 5.74) is 4.41. The van der Waals surface area contributed by atoms with Crippen LogP contribution in [0, 0.1) is 0 Å². The van der Waals surface area contributed by atoms with E-state index >= 15 is 0 Å². The van der Waals surface area contributed by atoms with E-state index in [1.807, 2.05) is 0 Å². The first-order valence-corrected chi connectivity index (χ1v) is 7.20. The van der Waals surface area contributed by atoms with E-state index in [2.05, 4.69) is 9.05 Å². The van der Waals surface area contributed by atoms with Crippen molar-refractivity contribution in [1.29, 1.82) is 0 Å². The molecule has 0 bridgehead atoms. The van der Waals surface area contributed by atoms with Crippen LogP contribution in [0.1, 0.15) is 13.8 Å². The number of carbonyl (C=O) groups is 1. The fourth-order valence-electron chi connectivity index (χ4n) is 0.510. The fraction of sp³-hybridized carbons (Fsp3) is 0.857. The summed E-state index contributed by atoms with van der Waals surface area (Å²) in [4.78, 5) is 11.2. The van der Waals surface area contributed by atoms with E-state index in [9.17, 15) is 9.36 Å². The van der Waals surface area contributed by atoms with Crippen molar-refractivity contribution in [2.75, 3.05) is 20.2 Å². The highest BCUT2D eigenvalue weighted by Crippen LogP contribution is 2.59. The number of carbonyl (C=O) groups excluding carboxylic acids is 1. The van der Waals surface area contributed by atoms with Crippen LogP contribution in [-0.4, -0.2) is 31.7 Å². The largest absolute Gasteiger partial charge is 0.453 e. The van der Waals surface area contributed by atoms with Crippen molar-refractivity contribution in [3.8, 4) is 0 Å². The number of ether oxygens (including phenoxy) is 1. The highest BCUT2D eigenvalue weighted by atomic mass is 32.7. The minimum absolute atomic E-state index is 0.127. The molecule has 15 heavy (non-hydrogen) atoms. The summed E-state index contributed by atoms with van der Waals surface area (Å²) in [5.74, 6) is -0.702. The van der Waals surface area contributed by atoms with Crippen LogP contribution in [0.25, 0.3) is 0 Å². The van der Waals surface area contributed by atoms with Crippen LogP contribution >= 0.6 is 18.2 Å². The van der Waals surface area contributed by atoms with Gasteiger partial charge in [0, 0.05) is 25.6 Å². The molecule has 0 aliphatic rings. The van der Waals surface area contributed by atoms with Gasteiger partial charge >= 0.3 is 12.8 Å². The quantitative estimate of drug-likeness (QED) is 0.436. The van der Waals surface area contributed by atoms with Gasteiger partial charge in [0.05, 0.1) is 0 Å². The maximum Gasteiger partial charge on any atom is 0.391 e. The van der Waals surface area contributed by atoms with E-state index in [4.69, 9.17) is 10.5 Å². The molecule has 0 aliphatic heterocycles. The molecule has 0 aromatic heterocycles. The average Bonchev–Trinajstić information content (AvgIpc) is 2.16. The maximum atomic E-state index is 11.5. The summed E-state index contributed by atoms with van der Waals surface area (Å²) in [6, 6.07) is 0. The molecule has 0 heterocycles. The Balaban J connectivity index is 4.00. The monoisotopic (exact) mass is 257 g/mol. The first kappa shape index (κ1) is 14.9. The van der Waals surface area contributed by atoms with Gasteiger partial charge in [-0.25, -0.2) is 4.57 Å². The predicted octanol–water partition coefficient (Wildman–Crippen LogP) is 1.36. The van der Waals surface area contributed by atoms with Crippen LogP contribution in [0.5, 0.6) is 0 Å². The van der Waals surface area contributed by atoms with Gasteiger partial charge in [0.1, 0.15) is 11.5 Å². The van der Waals surface area contributed by atoms with E-state index in [0.717, 1.165) is 11.4 Å². The summed E-state index contributed by atoms with van der Waals surface area (Å²) in [6.07, 6.45) is 0. The van der Waals surface area contributed by atoms with Crippen molar-refractivity contribution in [1.82, 2.24) is 0 Å². The topological polar surface area (TPSA) is 87.9 Å². The molecule has 90 valence electrons. The van der Waals surface area contributed by atoms with E-state index in [1.54, 1.807) is 0 Å². The maximum absolute atomic E-state index is 11.5.